The summed E-state index contributed by atoms with van der Waals surface area (Å²) in [5.74, 6) is -1.25. The molecule has 0 bridgehead atoms. The topological polar surface area (TPSA) is 86.2 Å². The molecule has 0 spiro atoms. The number of nitrogens with zero attached hydrogens (tertiary/aromatic N) is 4. The van der Waals surface area contributed by atoms with Crippen LogP contribution in [0.3, 0.4) is 0 Å². The fourth-order valence-electron chi connectivity index (χ4n) is 3.34. The van der Waals surface area contributed by atoms with Crippen molar-refractivity contribution in [3.63, 3.8) is 0 Å². The van der Waals surface area contributed by atoms with Gasteiger partial charge in [-0.05, 0) is 25.1 Å². The molecule has 2 aromatic heterocycles. The van der Waals surface area contributed by atoms with Gasteiger partial charge >= 0.3 is 0 Å². The van der Waals surface area contributed by atoms with Gasteiger partial charge in [0.25, 0.3) is 0 Å². The first kappa shape index (κ1) is 22.1. The van der Waals surface area contributed by atoms with Crippen molar-refractivity contribution in [3.05, 3.63) is 89.2 Å². The van der Waals surface area contributed by atoms with Gasteiger partial charge in [0, 0.05) is 28.3 Å². The van der Waals surface area contributed by atoms with Crippen LogP contribution in [-0.4, -0.2) is 31.1 Å². The summed E-state index contributed by atoms with van der Waals surface area (Å²) >= 11 is 6.02. The molecule has 1 N–H and O–H groups in total. The summed E-state index contributed by atoms with van der Waals surface area (Å²) < 4.78 is 40.5. The maximum absolute atomic E-state index is 14.6. The summed E-state index contributed by atoms with van der Waals surface area (Å²) in [6, 6.07) is 11.8. The zero-order valence-electron chi connectivity index (χ0n) is 17.0. The molecule has 10 heteroatoms. The minimum absolute atomic E-state index is 0.0444. The maximum atomic E-state index is 14.6. The lowest BCUT2D eigenvalue weighted by Gasteiger charge is -2.34. The summed E-state index contributed by atoms with van der Waals surface area (Å²) in [5, 5.41) is 20.0. The standard InChI is InChI=1S/C22H19ClF2N4O3/c1-14(31-10-18-9-21(28-32-18)15-3-2-4-16(23)7-15)22(30,11-29-13-26-12-27-29)19-6-5-17(24)8-20(19)25/h2-9,12-14,30H,10-11H2,1H3/t14-,22-/m1/s1. The Labute approximate surface area is 187 Å². The van der Waals surface area contributed by atoms with Gasteiger partial charge in [-0.25, -0.2) is 18.4 Å². The molecule has 0 amide bonds. The molecule has 4 rings (SSSR count). The third-order valence-electron chi connectivity index (χ3n) is 5.09. The highest BCUT2D eigenvalue weighted by Crippen LogP contribution is 2.32. The fourth-order valence-corrected chi connectivity index (χ4v) is 3.53. The molecule has 32 heavy (non-hydrogen) atoms. The van der Waals surface area contributed by atoms with Crippen LogP contribution in [0.4, 0.5) is 8.78 Å². The minimum atomic E-state index is -1.87. The highest BCUT2D eigenvalue weighted by atomic mass is 35.5. The van der Waals surface area contributed by atoms with Crippen molar-refractivity contribution in [3.8, 4) is 11.3 Å². The Bertz CT molecular complexity index is 1200. The Morgan fingerprint density at radius 3 is 2.78 bits per heavy atom. The van der Waals surface area contributed by atoms with Crippen LogP contribution in [0.5, 0.6) is 0 Å². The third-order valence-corrected chi connectivity index (χ3v) is 5.33. The van der Waals surface area contributed by atoms with Crippen molar-refractivity contribution in [2.75, 3.05) is 0 Å². The molecule has 0 saturated heterocycles. The van der Waals surface area contributed by atoms with Gasteiger partial charge in [-0.3, -0.25) is 0 Å². The van der Waals surface area contributed by atoms with E-state index in [2.05, 4.69) is 15.2 Å². The van der Waals surface area contributed by atoms with Crippen molar-refractivity contribution < 1.29 is 23.1 Å². The van der Waals surface area contributed by atoms with Crippen LogP contribution in [0.25, 0.3) is 11.3 Å². The molecule has 0 fully saturated rings. The SMILES string of the molecule is C[C@@H](OCc1cc(-c2cccc(Cl)c2)no1)[C@](O)(Cn1cncn1)c1ccc(F)cc1F. The number of ether oxygens (including phenoxy) is 1. The lowest BCUT2D eigenvalue weighted by Crippen LogP contribution is -2.44. The van der Waals surface area contributed by atoms with Gasteiger partial charge in [0.05, 0.1) is 12.6 Å². The molecule has 0 aliphatic carbocycles. The van der Waals surface area contributed by atoms with Crippen molar-refractivity contribution in [1.29, 1.82) is 0 Å². The number of hydrogen-bond donors (Lipinski definition) is 1. The molecule has 0 unspecified atom stereocenters. The highest BCUT2D eigenvalue weighted by molar-refractivity contribution is 6.30. The van der Waals surface area contributed by atoms with Crippen molar-refractivity contribution >= 4 is 11.6 Å². The first-order valence-corrected chi connectivity index (χ1v) is 10.1. The molecule has 0 aliphatic heterocycles. The summed E-state index contributed by atoms with van der Waals surface area (Å²) in [4.78, 5) is 3.84. The van der Waals surface area contributed by atoms with Crippen molar-refractivity contribution in [1.82, 2.24) is 19.9 Å². The zero-order chi connectivity index (χ0) is 22.7. The van der Waals surface area contributed by atoms with Gasteiger partial charge in [0.1, 0.15) is 42.2 Å². The highest BCUT2D eigenvalue weighted by Gasteiger charge is 2.40. The summed E-state index contributed by atoms with van der Waals surface area (Å²) in [6.45, 7) is 1.37. The van der Waals surface area contributed by atoms with E-state index in [0.29, 0.717) is 22.5 Å². The second-order valence-corrected chi connectivity index (χ2v) is 7.72. The van der Waals surface area contributed by atoms with E-state index in [-0.39, 0.29) is 18.7 Å². The predicted molar refractivity (Wildman–Crippen MR) is 111 cm³/mol. The molecular formula is C22H19ClF2N4O3. The van der Waals surface area contributed by atoms with Crippen LogP contribution >= 0.6 is 11.6 Å². The van der Waals surface area contributed by atoms with E-state index in [1.165, 1.54) is 23.4 Å². The van der Waals surface area contributed by atoms with Crippen LogP contribution in [-0.2, 0) is 23.5 Å². The van der Waals surface area contributed by atoms with E-state index in [9.17, 15) is 13.9 Å². The second-order valence-electron chi connectivity index (χ2n) is 7.28. The lowest BCUT2D eigenvalue weighted by molar-refractivity contribution is -0.126. The molecule has 4 aromatic rings. The number of benzene rings is 2. The molecule has 0 radical (unpaired) electrons. The Morgan fingerprint density at radius 1 is 1.22 bits per heavy atom. The minimum Gasteiger partial charge on any atom is -0.380 e. The summed E-state index contributed by atoms with van der Waals surface area (Å²) in [6.07, 6.45) is 1.73. The van der Waals surface area contributed by atoms with Gasteiger partial charge in [-0.1, -0.05) is 35.0 Å². The average molecular weight is 461 g/mol. The van der Waals surface area contributed by atoms with Gasteiger partial charge in [-0.2, -0.15) is 5.10 Å². The number of aliphatic hydroxyl groups is 1. The smallest absolute Gasteiger partial charge is 0.163 e. The molecule has 2 aromatic carbocycles. The maximum Gasteiger partial charge on any atom is 0.163 e. The first-order chi connectivity index (χ1) is 15.3. The first-order valence-electron chi connectivity index (χ1n) is 9.68. The van der Waals surface area contributed by atoms with E-state index in [1.807, 2.05) is 6.07 Å². The Kier molecular flexibility index (Phi) is 6.31. The van der Waals surface area contributed by atoms with Gasteiger partial charge in [0.15, 0.2) is 5.76 Å². The molecule has 2 heterocycles. The zero-order valence-corrected chi connectivity index (χ0v) is 17.7. The predicted octanol–water partition coefficient (Wildman–Crippen LogP) is 4.36. The molecule has 2 atom stereocenters. The summed E-state index contributed by atoms with van der Waals surface area (Å²) in [7, 11) is 0. The van der Waals surface area contributed by atoms with Crippen LogP contribution < -0.4 is 0 Å². The number of aromatic nitrogens is 4. The number of hydrogen-bond acceptors (Lipinski definition) is 6. The van der Waals surface area contributed by atoms with Crippen molar-refractivity contribution in [2.24, 2.45) is 0 Å². The third kappa shape index (κ3) is 4.69. The van der Waals surface area contributed by atoms with E-state index < -0.39 is 23.3 Å². The Morgan fingerprint density at radius 2 is 2.06 bits per heavy atom. The Hall–Kier alpha value is -3.14. The van der Waals surface area contributed by atoms with Gasteiger partial charge < -0.3 is 14.4 Å². The van der Waals surface area contributed by atoms with Crippen LogP contribution in [0, 0.1) is 11.6 Å². The monoisotopic (exact) mass is 460 g/mol. The molecule has 0 saturated carbocycles. The largest absolute Gasteiger partial charge is 0.380 e. The van der Waals surface area contributed by atoms with E-state index in [0.717, 1.165) is 11.6 Å². The normalized spacial score (nSPS) is 14.3. The fraction of sp³-hybridized carbons (Fsp3) is 0.227. The van der Waals surface area contributed by atoms with Crippen LogP contribution in [0.2, 0.25) is 5.02 Å². The molecule has 7 nitrogen and oxygen atoms in total. The number of rotatable bonds is 8. The van der Waals surface area contributed by atoms with Gasteiger partial charge in [-0.15, -0.1) is 0 Å². The van der Waals surface area contributed by atoms with Crippen molar-refractivity contribution in [2.45, 2.75) is 31.8 Å². The summed E-state index contributed by atoms with van der Waals surface area (Å²) in [5.41, 5.74) is -0.654. The van der Waals surface area contributed by atoms with Crippen LogP contribution in [0.1, 0.15) is 18.2 Å². The van der Waals surface area contributed by atoms with E-state index in [4.69, 9.17) is 20.9 Å². The second kappa shape index (κ2) is 9.15. The number of halogens is 3. The van der Waals surface area contributed by atoms with E-state index >= 15 is 0 Å². The van der Waals surface area contributed by atoms with Gasteiger partial charge in [0.2, 0.25) is 0 Å². The molecule has 0 aliphatic rings. The average Bonchev–Trinajstić information content (AvgIpc) is 3.44. The quantitative estimate of drug-likeness (QED) is 0.420. The van der Waals surface area contributed by atoms with Crippen LogP contribution in [0.15, 0.2) is 65.7 Å². The molecular weight excluding hydrogens is 442 g/mol. The Balaban J connectivity index is 1.55. The molecule has 166 valence electrons. The lowest BCUT2D eigenvalue weighted by atomic mass is 9.88. The van der Waals surface area contributed by atoms with E-state index in [1.54, 1.807) is 31.2 Å².